The summed E-state index contributed by atoms with van der Waals surface area (Å²) >= 11 is 0. The summed E-state index contributed by atoms with van der Waals surface area (Å²) in [6, 6.07) is 5.05. The molecule has 2 N–H and O–H groups in total. The molecule has 22 heavy (non-hydrogen) atoms. The number of alkyl halides is 3. The van der Waals surface area contributed by atoms with Crippen molar-refractivity contribution in [1.82, 2.24) is 15.5 Å². The Hall–Kier alpha value is -2.58. The second kappa shape index (κ2) is 5.32. The van der Waals surface area contributed by atoms with E-state index < -0.39 is 41.7 Å². The first-order valence-electron chi connectivity index (χ1n) is 6.21. The molecule has 6 nitrogen and oxygen atoms in total. The predicted octanol–water partition coefficient (Wildman–Crippen LogP) is 0.742. The van der Waals surface area contributed by atoms with E-state index in [4.69, 9.17) is 0 Å². The molecule has 1 fully saturated rings. The first-order valence-corrected chi connectivity index (χ1v) is 6.21. The van der Waals surface area contributed by atoms with Gasteiger partial charge in [-0.05, 0) is 5.56 Å². The normalized spacial score (nSPS) is 21.7. The number of halogens is 3. The average molecular weight is 315 g/mol. The van der Waals surface area contributed by atoms with Crippen molar-refractivity contribution >= 4 is 17.8 Å². The van der Waals surface area contributed by atoms with Gasteiger partial charge in [-0.25, -0.2) is 4.79 Å². The van der Waals surface area contributed by atoms with Gasteiger partial charge in [0.2, 0.25) is 11.4 Å². The van der Waals surface area contributed by atoms with E-state index in [0.29, 0.717) is 0 Å². The molecule has 0 saturated carbocycles. The largest absolute Gasteiger partial charge is 0.425 e. The third kappa shape index (κ3) is 2.28. The standard InChI is InChI=1S/C13H12F3N3O3/c1-17-9(20)7-19-10(21)12(13(14,15)16,18-11(19)22)8-5-3-2-4-6-8/h2-6H,7H2,1H3,(H,17,20)(H,18,22). The number of carbonyl (C=O) groups is 3. The Morgan fingerprint density at radius 3 is 2.36 bits per heavy atom. The van der Waals surface area contributed by atoms with Crippen molar-refractivity contribution in [2.75, 3.05) is 13.6 Å². The van der Waals surface area contributed by atoms with Crippen molar-refractivity contribution in [2.24, 2.45) is 0 Å². The molecule has 1 atom stereocenters. The number of likely N-dealkylation sites (N-methyl/N-ethyl adjacent to an activating group) is 1. The first kappa shape index (κ1) is 15.8. The number of benzene rings is 1. The Morgan fingerprint density at radius 2 is 1.86 bits per heavy atom. The molecular weight excluding hydrogens is 303 g/mol. The Bertz CT molecular complexity index is 618. The number of urea groups is 1. The minimum Gasteiger partial charge on any atom is -0.358 e. The van der Waals surface area contributed by atoms with Gasteiger partial charge in [-0.3, -0.25) is 14.5 Å². The molecule has 4 amide bonds. The van der Waals surface area contributed by atoms with E-state index in [9.17, 15) is 27.6 Å². The molecule has 0 aliphatic carbocycles. The van der Waals surface area contributed by atoms with Crippen LogP contribution in [0.2, 0.25) is 0 Å². The minimum absolute atomic E-state index is 0.249. The molecule has 118 valence electrons. The molecule has 1 aliphatic rings. The monoisotopic (exact) mass is 315 g/mol. The van der Waals surface area contributed by atoms with Crippen LogP contribution in [0.5, 0.6) is 0 Å². The highest BCUT2D eigenvalue weighted by Crippen LogP contribution is 2.43. The van der Waals surface area contributed by atoms with Crippen molar-refractivity contribution < 1.29 is 27.6 Å². The lowest BCUT2D eigenvalue weighted by Crippen LogP contribution is -2.56. The SMILES string of the molecule is CNC(=O)CN1C(=O)NC(c2ccccc2)(C(F)(F)F)C1=O. The van der Waals surface area contributed by atoms with E-state index in [1.807, 2.05) is 0 Å². The van der Waals surface area contributed by atoms with E-state index in [1.165, 1.54) is 25.2 Å². The highest BCUT2D eigenvalue weighted by Gasteiger charge is 2.68. The van der Waals surface area contributed by atoms with Gasteiger partial charge in [0.25, 0.3) is 5.91 Å². The van der Waals surface area contributed by atoms with Gasteiger partial charge in [0.1, 0.15) is 6.54 Å². The third-order valence-electron chi connectivity index (χ3n) is 3.32. The van der Waals surface area contributed by atoms with Gasteiger partial charge < -0.3 is 10.6 Å². The van der Waals surface area contributed by atoms with Gasteiger partial charge in [-0.2, -0.15) is 13.2 Å². The van der Waals surface area contributed by atoms with Crippen molar-refractivity contribution in [3.8, 4) is 0 Å². The van der Waals surface area contributed by atoms with E-state index in [-0.39, 0.29) is 4.90 Å². The van der Waals surface area contributed by atoms with Crippen molar-refractivity contribution in [3.05, 3.63) is 35.9 Å². The number of carbonyl (C=O) groups excluding carboxylic acids is 3. The maximum absolute atomic E-state index is 13.6. The highest BCUT2D eigenvalue weighted by atomic mass is 19.4. The molecule has 1 aromatic carbocycles. The molecule has 2 rings (SSSR count). The van der Waals surface area contributed by atoms with Crippen molar-refractivity contribution in [3.63, 3.8) is 0 Å². The number of nitrogens with one attached hydrogen (secondary N) is 2. The van der Waals surface area contributed by atoms with Crippen molar-refractivity contribution in [1.29, 1.82) is 0 Å². The maximum atomic E-state index is 13.6. The minimum atomic E-state index is -5.06. The summed E-state index contributed by atoms with van der Waals surface area (Å²) in [5.41, 5.74) is -3.60. The van der Waals surface area contributed by atoms with E-state index in [2.05, 4.69) is 5.32 Å². The lowest BCUT2D eigenvalue weighted by molar-refractivity contribution is -0.198. The summed E-state index contributed by atoms with van der Waals surface area (Å²) in [6.07, 6.45) is -5.06. The number of hydrogen-bond acceptors (Lipinski definition) is 3. The van der Waals surface area contributed by atoms with Gasteiger partial charge >= 0.3 is 12.2 Å². The molecule has 0 bridgehead atoms. The van der Waals surface area contributed by atoms with Gasteiger partial charge in [0, 0.05) is 7.05 Å². The maximum Gasteiger partial charge on any atom is 0.425 e. The number of rotatable bonds is 3. The molecule has 0 spiro atoms. The van der Waals surface area contributed by atoms with Crippen LogP contribution in [-0.2, 0) is 15.1 Å². The van der Waals surface area contributed by atoms with Crippen LogP contribution < -0.4 is 10.6 Å². The van der Waals surface area contributed by atoms with Gasteiger partial charge in [-0.15, -0.1) is 0 Å². The zero-order valence-corrected chi connectivity index (χ0v) is 11.4. The smallest absolute Gasteiger partial charge is 0.358 e. The van der Waals surface area contributed by atoms with Crippen LogP contribution in [0.25, 0.3) is 0 Å². The van der Waals surface area contributed by atoms with Gasteiger partial charge in [0.15, 0.2) is 0 Å². The van der Waals surface area contributed by atoms with Crippen molar-refractivity contribution in [2.45, 2.75) is 11.7 Å². The van der Waals surface area contributed by atoms with Crippen LogP contribution in [0.3, 0.4) is 0 Å². The summed E-state index contributed by atoms with van der Waals surface area (Å²) in [5.74, 6) is -2.28. The van der Waals surface area contributed by atoms with E-state index in [1.54, 1.807) is 5.32 Å². The number of imide groups is 1. The predicted molar refractivity (Wildman–Crippen MR) is 68.5 cm³/mol. The van der Waals surface area contributed by atoms with Gasteiger partial charge in [-0.1, -0.05) is 30.3 Å². The van der Waals surface area contributed by atoms with E-state index in [0.717, 1.165) is 12.1 Å². The zero-order valence-electron chi connectivity index (χ0n) is 11.4. The van der Waals surface area contributed by atoms with Crippen LogP contribution >= 0.6 is 0 Å². The Balaban J connectivity index is 2.51. The molecule has 9 heteroatoms. The van der Waals surface area contributed by atoms with Gasteiger partial charge in [0.05, 0.1) is 0 Å². The molecular formula is C13H12F3N3O3. The number of hydrogen-bond donors (Lipinski definition) is 2. The highest BCUT2D eigenvalue weighted by molar-refractivity contribution is 6.09. The summed E-state index contributed by atoms with van der Waals surface area (Å²) in [4.78, 5) is 35.6. The number of nitrogens with zero attached hydrogens (tertiary/aromatic N) is 1. The van der Waals surface area contributed by atoms with Crippen LogP contribution in [0.1, 0.15) is 5.56 Å². The average Bonchev–Trinajstić information content (AvgIpc) is 2.73. The van der Waals surface area contributed by atoms with Crippen LogP contribution in [0.4, 0.5) is 18.0 Å². The summed E-state index contributed by atoms with van der Waals surface area (Å²) in [7, 11) is 1.25. The summed E-state index contributed by atoms with van der Waals surface area (Å²) in [6.45, 7) is -0.786. The summed E-state index contributed by atoms with van der Waals surface area (Å²) in [5, 5.41) is 3.83. The quantitative estimate of drug-likeness (QED) is 0.808. The lowest BCUT2D eigenvalue weighted by Gasteiger charge is -2.29. The second-order valence-corrected chi connectivity index (χ2v) is 4.61. The fraction of sp³-hybridized carbons (Fsp3) is 0.308. The lowest BCUT2D eigenvalue weighted by atomic mass is 9.89. The Labute approximate surface area is 123 Å². The molecule has 0 aromatic heterocycles. The van der Waals surface area contributed by atoms with Crippen LogP contribution in [0, 0.1) is 0 Å². The fourth-order valence-electron chi connectivity index (χ4n) is 2.18. The molecule has 0 radical (unpaired) electrons. The Morgan fingerprint density at radius 1 is 1.27 bits per heavy atom. The van der Waals surface area contributed by atoms with Crippen LogP contribution in [0.15, 0.2) is 30.3 Å². The second-order valence-electron chi connectivity index (χ2n) is 4.61. The molecule has 1 aromatic rings. The zero-order chi connectivity index (χ0) is 16.5. The Kier molecular flexibility index (Phi) is 3.82. The molecule has 1 aliphatic heterocycles. The van der Waals surface area contributed by atoms with E-state index >= 15 is 0 Å². The topological polar surface area (TPSA) is 78.5 Å². The number of amides is 4. The third-order valence-corrected chi connectivity index (χ3v) is 3.32. The molecule has 1 heterocycles. The molecule has 1 saturated heterocycles. The van der Waals surface area contributed by atoms with Crippen LogP contribution in [-0.4, -0.2) is 42.5 Å². The molecule has 1 unspecified atom stereocenters. The first-order chi connectivity index (χ1) is 10.2. The summed E-state index contributed by atoms with van der Waals surface area (Å²) < 4.78 is 40.7. The fourth-order valence-corrected chi connectivity index (χ4v) is 2.18.